The van der Waals surface area contributed by atoms with E-state index >= 15 is 0 Å². The summed E-state index contributed by atoms with van der Waals surface area (Å²) < 4.78 is 4.79. The molecule has 13 heteroatoms. The molecule has 218 valence electrons. The van der Waals surface area contributed by atoms with Crippen molar-refractivity contribution < 1.29 is 34.1 Å². The molecule has 0 saturated carbocycles. The van der Waals surface area contributed by atoms with Crippen LogP contribution in [-0.4, -0.2) is 101 Å². The van der Waals surface area contributed by atoms with Crippen LogP contribution in [0.5, 0.6) is 0 Å². The van der Waals surface area contributed by atoms with Crippen molar-refractivity contribution in [1.82, 2.24) is 25.1 Å². The zero-order chi connectivity index (χ0) is 29.5. The number of carbonyl (C=O) groups is 4. The van der Waals surface area contributed by atoms with Crippen molar-refractivity contribution in [2.45, 2.75) is 24.9 Å². The highest BCUT2D eigenvalue weighted by atomic mass is 16.5. The summed E-state index contributed by atoms with van der Waals surface area (Å²) in [4.78, 5) is 57.2. The summed E-state index contributed by atoms with van der Waals surface area (Å²) in [7, 11) is 3.46. The number of carbonyl (C=O) groups excluding carboxylic acids is 4. The minimum atomic E-state index is -0.437. The highest BCUT2D eigenvalue weighted by Crippen LogP contribution is 2.37. The van der Waals surface area contributed by atoms with E-state index in [9.17, 15) is 19.2 Å². The maximum absolute atomic E-state index is 12.1. The standard InChI is InChI=1S/C13H17N3O3.C12H14N2O3.C2H7NO/c1-16-11(18)7-10(13(19)15-5-6-17)12(16)9-3-2-4-14-8-9;1-14-11(16)5-10(7-17-8-15)12(14)9-3-2-4-13-6-9;3-1-2-4/h2-4,8,10,12,17H,5-7H2,1H3,(H,15,19);2-4,6,8,10,12H,5,7H2,1H3;4H,1-3H2. The van der Waals surface area contributed by atoms with Crippen LogP contribution in [0.4, 0.5) is 0 Å². The van der Waals surface area contributed by atoms with Gasteiger partial charge in [0, 0.05) is 70.7 Å². The van der Waals surface area contributed by atoms with Crippen molar-refractivity contribution in [3.05, 3.63) is 60.2 Å². The van der Waals surface area contributed by atoms with E-state index in [0.717, 1.165) is 11.1 Å². The zero-order valence-corrected chi connectivity index (χ0v) is 22.8. The normalized spacial score (nSPS) is 21.6. The van der Waals surface area contributed by atoms with Crippen LogP contribution >= 0.6 is 0 Å². The van der Waals surface area contributed by atoms with E-state index in [1.165, 1.54) is 0 Å². The fourth-order valence-corrected chi connectivity index (χ4v) is 4.73. The Labute approximate surface area is 233 Å². The molecule has 4 heterocycles. The molecule has 2 aliphatic rings. The Morgan fingerprint density at radius 1 is 1.02 bits per heavy atom. The summed E-state index contributed by atoms with van der Waals surface area (Å²) in [5.74, 6) is -0.632. The molecular formula is C27H38N6O7. The first kappa shape index (κ1) is 32.3. The fourth-order valence-electron chi connectivity index (χ4n) is 4.73. The molecule has 2 aromatic heterocycles. The van der Waals surface area contributed by atoms with Crippen LogP contribution in [0.2, 0.25) is 0 Å². The summed E-state index contributed by atoms with van der Waals surface area (Å²) in [5.41, 5.74) is 6.60. The molecule has 0 aromatic carbocycles. The van der Waals surface area contributed by atoms with Gasteiger partial charge in [-0.15, -0.1) is 0 Å². The van der Waals surface area contributed by atoms with Crippen LogP contribution in [0.1, 0.15) is 36.1 Å². The number of aliphatic hydroxyl groups excluding tert-OH is 2. The van der Waals surface area contributed by atoms with E-state index in [1.807, 2.05) is 18.2 Å². The monoisotopic (exact) mass is 558 g/mol. The number of aliphatic hydroxyl groups is 2. The summed E-state index contributed by atoms with van der Waals surface area (Å²) in [6.45, 7) is 1.25. The van der Waals surface area contributed by atoms with Gasteiger partial charge in [0.25, 0.3) is 6.47 Å². The number of likely N-dealkylation sites (tertiary alicyclic amines) is 2. The van der Waals surface area contributed by atoms with Crippen LogP contribution in [0, 0.1) is 11.8 Å². The summed E-state index contributed by atoms with van der Waals surface area (Å²) in [5, 5.41) is 19.1. The molecule has 0 radical (unpaired) electrons. The Kier molecular flexibility index (Phi) is 13.6. The lowest BCUT2D eigenvalue weighted by Gasteiger charge is -2.24. The van der Waals surface area contributed by atoms with Crippen LogP contribution in [-0.2, 0) is 23.9 Å². The predicted molar refractivity (Wildman–Crippen MR) is 144 cm³/mol. The Balaban J connectivity index is 0.000000249. The third-order valence-electron chi connectivity index (χ3n) is 6.59. The number of nitrogens with two attached hydrogens (primary N) is 1. The number of aromatic nitrogens is 2. The SMILES string of the molecule is CN1C(=O)CC(C(=O)NCCO)C1c1cccnc1.CN1C(=O)CC(COC=O)C1c1cccnc1.NCCO. The number of pyridine rings is 2. The fraction of sp³-hybridized carbons (Fsp3) is 0.481. The smallest absolute Gasteiger partial charge is 0.293 e. The quantitative estimate of drug-likeness (QED) is 0.290. The second-order valence-electron chi connectivity index (χ2n) is 9.20. The molecule has 3 amide bonds. The van der Waals surface area contributed by atoms with Gasteiger partial charge in [-0.1, -0.05) is 12.1 Å². The molecule has 2 fully saturated rings. The predicted octanol–water partition coefficient (Wildman–Crippen LogP) is -0.579. The lowest BCUT2D eigenvalue weighted by atomic mass is 9.94. The average molecular weight is 559 g/mol. The van der Waals surface area contributed by atoms with Gasteiger partial charge < -0.3 is 35.8 Å². The Hall–Kier alpha value is -3.94. The number of hydrogen-bond donors (Lipinski definition) is 4. The van der Waals surface area contributed by atoms with Gasteiger partial charge in [-0.05, 0) is 23.3 Å². The molecule has 4 atom stereocenters. The number of amides is 3. The minimum Gasteiger partial charge on any atom is -0.467 e. The summed E-state index contributed by atoms with van der Waals surface area (Å²) >= 11 is 0. The summed E-state index contributed by atoms with van der Waals surface area (Å²) in [6.07, 6.45) is 7.36. The highest BCUT2D eigenvalue weighted by Gasteiger charge is 2.42. The number of nitrogens with one attached hydrogen (secondary N) is 1. The van der Waals surface area contributed by atoms with E-state index in [-0.39, 0.29) is 68.5 Å². The molecule has 0 bridgehead atoms. The van der Waals surface area contributed by atoms with Crippen molar-refractivity contribution >= 4 is 24.2 Å². The molecular weight excluding hydrogens is 520 g/mol. The van der Waals surface area contributed by atoms with Crippen molar-refractivity contribution in [2.75, 3.05) is 47.0 Å². The average Bonchev–Trinajstić information content (AvgIpc) is 3.45. The molecule has 40 heavy (non-hydrogen) atoms. The van der Waals surface area contributed by atoms with Gasteiger partial charge in [0.1, 0.15) is 0 Å². The van der Waals surface area contributed by atoms with Gasteiger partial charge in [0.2, 0.25) is 17.7 Å². The minimum absolute atomic E-state index is 0.00176. The van der Waals surface area contributed by atoms with Gasteiger partial charge in [0.15, 0.2) is 0 Å². The lowest BCUT2D eigenvalue weighted by Crippen LogP contribution is -2.35. The number of ether oxygens (including phenoxy) is 1. The first-order chi connectivity index (χ1) is 19.3. The molecule has 4 rings (SSSR count). The third-order valence-corrected chi connectivity index (χ3v) is 6.59. The number of hydrogen-bond acceptors (Lipinski definition) is 10. The lowest BCUT2D eigenvalue weighted by molar-refractivity contribution is -0.130. The van der Waals surface area contributed by atoms with Crippen molar-refractivity contribution in [2.24, 2.45) is 17.6 Å². The largest absolute Gasteiger partial charge is 0.467 e. The molecule has 2 aromatic rings. The number of rotatable bonds is 9. The molecule has 2 aliphatic heterocycles. The van der Waals surface area contributed by atoms with Crippen LogP contribution in [0.15, 0.2) is 49.1 Å². The van der Waals surface area contributed by atoms with Crippen LogP contribution < -0.4 is 11.1 Å². The summed E-state index contributed by atoms with van der Waals surface area (Å²) in [6, 6.07) is 7.06. The Morgan fingerprint density at radius 3 is 2.08 bits per heavy atom. The number of nitrogens with zero attached hydrogens (tertiary/aromatic N) is 4. The maximum Gasteiger partial charge on any atom is 0.293 e. The molecule has 4 unspecified atom stereocenters. The first-order valence-electron chi connectivity index (χ1n) is 12.9. The Morgan fingerprint density at radius 2 is 1.57 bits per heavy atom. The second-order valence-corrected chi connectivity index (χ2v) is 9.20. The zero-order valence-electron chi connectivity index (χ0n) is 22.8. The first-order valence-corrected chi connectivity index (χ1v) is 12.9. The third kappa shape index (κ3) is 8.79. The second kappa shape index (κ2) is 16.9. The molecule has 0 spiro atoms. The van der Waals surface area contributed by atoms with E-state index in [0.29, 0.717) is 19.4 Å². The Bertz CT molecular complexity index is 1070. The molecule has 13 nitrogen and oxygen atoms in total. The van der Waals surface area contributed by atoms with Gasteiger partial charge in [-0.25, -0.2) is 0 Å². The van der Waals surface area contributed by atoms with Crippen molar-refractivity contribution in [3.8, 4) is 0 Å². The van der Waals surface area contributed by atoms with Gasteiger partial charge >= 0.3 is 0 Å². The molecule has 2 saturated heterocycles. The van der Waals surface area contributed by atoms with E-state index in [2.05, 4.69) is 15.3 Å². The van der Waals surface area contributed by atoms with E-state index in [1.54, 1.807) is 54.7 Å². The maximum atomic E-state index is 12.1. The molecule has 0 aliphatic carbocycles. The van der Waals surface area contributed by atoms with Crippen LogP contribution in [0.3, 0.4) is 0 Å². The molecule has 5 N–H and O–H groups in total. The highest BCUT2D eigenvalue weighted by molar-refractivity contribution is 5.90. The van der Waals surface area contributed by atoms with E-state index in [4.69, 9.17) is 20.7 Å². The van der Waals surface area contributed by atoms with Crippen molar-refractivity contribution in [1.29, 1.82) is 0 Å². The van der Waals surface area contributed by atoms with Crippen molar-refractivity contribution in [3.63, 3.8) is 0 Å². The topological polar surface area (TPSA) is 188 Å². The van der Waals surface area contributed by atoms with Gasteiger partial charge in [-0.3, -0.25) is 29.1 Å². The van der Waals surface area contributed by atoms with Gasteiger partial charge in [-0.2, -0.15) is 0 Å². The van der Waals surface area contributed by atoms with E-state index < -0.39 is 5.92 Å². The van der Waals surface area contributed by atoms with Crippen LogP contribution in [0.25, 0.3) is 0 Å². The van der Waals surface area contributed by atoms with Gasteiger partial charge in [0.05, 0.1) is 37.8 Å².